The van der Waals surface area contributed by atoms with Gasteiger partial charge in [0.1, 0.15) is 5.82 Å². The third kappa shape index (κ3) is 3.90. The molecule has 4 rings (SSSR count). The predicted octanol–water partition coefficient (Wildman–Crippen LogP) is 2.78. The van der Waals surface area contributed by atoms with E-state index in [1.54, 1.807) is 12.3 Å². The van der Waals surface area contributed by atoms with E-state index in [1.165, 1.54) is 0 Å². The van der Waals surface area contributed by atoms with Crippen LogP contribution < -0.4 is 10.2 Å². The van der Waals surface area contributed by atoms with Crippen LogP contribution in [0.4, 0.5) is 5.82 Å². The number of fused-ring (bicyclic) bond motifs is 1. The number of carbonyl (C=O) groups is 1. The van der Waals surface area contributed by atoms with Gasteiger partial charge in [0.05, 0.1) is 23.8 Å². The number of hydrogen-bond acceptors (Lipinski definition) is 5. The number of morpholine rings is 1. The van der Waals surface area contributed by atoms with Gasteiger partial charge in [-0.2, -0.15) is 0 Å². The summed E-state index contributed by atoms with van der Waals surface area (Å²) in [6.45, 7) is 4.91. The molecule has 138 valence electrons. The number of aromatic nitrogens is 2. The average molecular weight is 362 g/mol. The topological polar surface area (TPSA) is 67.4 Å². The van der Waals surface area contributed by atoms with Crippen molar-refractivity contribution < 1.29 is 9.53 Å². The van der Waals surface area contributed by atoms with E-state index in [0.717, 1.165) is 36.5 Å². The minimum atomic E-state index is -0.134. The second-order valence-electron chi connectivity index (χ2n) is 6.72. The summed E-state index contributed by atoms with van der Waals surface area (Å²) in [6, 6.07) is 13.4. The van der Waals surface area contributed by atoms with Crippen LogP contribution in [0.25, 0.3) is 10.9 Å². The van der Waals surface area contributed by atoms with E-state index >= 15 is 0 Å². The summed E-state index contributed by atoms with van der Waals surface area (Å²) in [6.07, 6.45) is 3.74. The van der Waals surface area contributed by atoms with Crippen LogP contribution in [0, 0.1) is 0 Å². The Morgan fingerprint density at radius 3 is 2.93 bits per heavy atom. The van der Waals surface area contributed by atoms with Crippen LogP contribution in [0.3, 0.4) is 0 Å². The zero-order chi connectivity index (χ0) is 18.6. The van der Waals surface area contributed by atoms with Crippen LogP contribution in [0.1, 0.15) is 22.8 Å². The SMILES string of the molecule is C[C@H]1CN(c2ccc(CNC(=O)c3cccc4cccnc34)cn2)CCO1. The molecule has 1 aromatic carbocycles. The fourth-order valence-corrected chi connectivity index (χ4v) is 3.30. The molecule has 6 nitrogen and oxygen atoms in total. The quantitative estimate of drug-likeness (QED) is 0.773. The maximum atomic E-state index is 12.6. The first-order valence-corrected chi connectivity index (χ1v) is 9.14. The maximum absolute atomic E-state index is 12.6. The zero-order valence-corrected chi connectivity index (χ0v) is 15.3. The molecule has 1 fully saturated rings. The number of carbonyl (C=O) groups excluding carboxylic acids is 1. The molecule has 6 heteroatoms. The number of hydrogen-bond donors (Lipinski definition) is 1. The Balaban J connectivity index is 1.41. The lowest BCUT2D eigenvalue weighted by atomic mass is 10.1. The molecule has 3 aromatic rings. The van der Waals surface area contributed by atoms with Crippen molar-refractivity contribution >= 4 is 22.6 Å². The molecule has 0 spiro atoms. The lowest BCUT2D eigenvalue weighted by Crippen LogP contribution is -2.41. The van der Waals surface area contributed by atoms with Crippen LogP contribution in [-0.2, 0) is 11.3 Å². The van der Waals surface area contributed by atoms with E-state index in [-0.39, 0.29) is 12.0 Å². The Bertz CT molecular complexity index is 937. The van der Waals surface area contributed by atoms with Gasteiger partial charge in [-0.05, 0) is 30.7 Å². The van der Waals surface area contributed by atoms with E-state index in [4.69, 9.17) is 4.74 Å². The minimum Gasteiger partial charge on any atom is -0.375 e. The molecule has 1 amide bonds. The molecule has 1 atom stereocenters. The molecule has 2 aromatic heterocycles. The van der Waals surface area contributed by atoms with E-state index in [2.05, 4.69) is 27.1 Å². The fraction of sp³-hybridized carbons (Fsp3) is 0.286. The predicted molar refractivity (Wildman–Crippen MR) is 105 cm³/mol. The van der Waals surface area contributed by atoms with Crippen LogP contribution in [0.2, 0.25) is 0 Å². The standard InChI is InChI=1S/C21H22N4O2/c1-15-14-25(10-11-27-15)19-8-7-16(12-23-19)13-24-21(26)18-6-2-4-17-5-3-9-22-20(17)18/h2-9,12,15H,10-11,13-14H2,1H3,(H,24,26)/t15-/m0/s1. The van der Waals surface area contributed by atoms with Gasteiger partial charge in [0, 0.05) is 37.4 Å². The van der Waals surface area contributed by atoms with Crippen molar-refractivity contribution in [3.8, 4) is 0 Å². The number of amides is 1. The van der Waals surface area contributed by atoms with Crippen molar-refractivity contribution in [2.45, 2.75) is 19.6 Å². The van der Waals surface area contributed by atoms with E-state index in [0.29, 0.717) is 17.6 Å². The van der Waals surface area contributed by atoms with Crippen LogP contribution in [0.15, 0.2) is 54.9 Å². The van der Waals surface area contributed by atoms with E-state index in [9.17, 15) is 4.79 Å². The summed E-state index contributed by atoms with van der Waals surface area (Å²) in [5.41, 5.74) is 2.26. The van der Waals surface area contributed by atoms with Crippen molar-refractivity contribution in [2.75, 3.05) is 24.6 Å². The van der Waals surface area contributed by atoms with Gasteiger partial charge in [0.2, 0.25) is 0 Å². The molecule has 0 radical (unpaired) electrons. The van der Waals surface area contributed by atoms with Gasteiger partial charge in [0.15, 0.2) is 0 Å². The Morgan fingerprint density at radius 2 is 2.11 bits per heavy atom. The number of benzene rings is 1. The van der Waals surface area contributed by atoms with Crippen molar-refractivity contribution in [1.82, 2.24) is 15.3 Å². The van der Waals surface area contributed by atoms with Gasteiger partial charge in [0.25, 0.3) is 5.91 Å². The highest BCUT2D eigenvalue weighted by Crippen LogP contribution is 2.17. The number of nitrogens with one attached hydrogen (secondary N) is 1. The Morgan fingerprint density at radius 1 is 1.22 bits per heavy atom. The third-order valence-corrected chi connectivity index (χ3v) is 4.70. The molecule has 1 aliphatic rings. The molecule has 1 N–H and O–H groups in total. The third-order valence-electron chi connectivity index (χ3n) is 4.70. The molecule has 0 bridgehead atoms. The second-order valence-corrected chi connectivity index (χ2v) is 6.72. The van der Waals surface area contributed by atoms with Crippen molar-refractivity contribution in [3.63, 3.8) is 0 Å². The first-order valence-electron chi connectivity index (χ1n) is 9.14. The maximum Gasteiger partial charge on any atom is 0.253 e. The van der Waals surface area contributed by atoms with Gasteiger partial charge in [-0.1, -0.05) is 24.3 Å². The highest BCUT2D eigenvalue weighted by molar-refractivity contribution is 6.05. The fourth-order valence-electron chi connectivity index (χ4n) is 3.30. The summed E-state index contributed by atoms with van der Waals surface area (Å²) in [5, 5.41) is 3.92. The molecule has 1 aliphatic heterocycles. The number of nitrogens with zero attached hydrogens (tertiary/aromatic N) is 3. The molecule has 0 aliphatic carbocycles. The number of para-hydroxylation sites is 1. The highest BCUT2D eigenvalue weighted by Gasteiger charge is 2.17. The first-order chi connectivity index (χ1) is 13.2. The van der Waals surface area contributed by atoms with Gasteiger partial charge >= 0.3 is 0 Å². The molecule has 1 saturated heterocycles. The van der Waals surface area contributed by atoms with Gasteiger partial charge < -0.3 is 15.0 Å². The summed E-state index contributed by atoms with van der Waals surface area (Å²) < 4.78 is 5.57. The summed E-state index contributed by atoms with van der Waals surface area (Å²) >= 11 is 0. The Labute approximate surface area is 158 Å². The molecular weight excluding hydrogens is 340 g/mol. The molecule has 0 unspecified atom stereocenters. The van der Waals surface area contributed by atoms with Crippen molar-refractivity contribution in [2.24, 2.45) is 0 Å². The van der Waals surface area contributed by atoms with Crippen molar-refractivity contribution in [1.29, 1.82) is 0 Å². The number of anilines is 1. The summed E-state index contributed by atoms with van der Waals surface area (Å²) in [4.78, 5) is 23.7. The van der Waals surface area contributed by atoms with Gasteiger partial charge in [-0.15, -0.1) is 0 Å². The van der Waals surface area contributed by atoms with E-state index < -0.39 is 0 Å². The number of pyridine rings is 2. The molecular formula is C21H22N4O2. The lowest BCUT2D eigenvalue weighted by molar-refractivity contribution is 0.0529. The Hall–Kier alpha value is -2.99. The van der Waals surface area contributed by atoms with Crippen LogP contribution in [0.5, 0.6) is 0 Å². The zero-order valence-electron chi connectivity index (χ0n) is 15.3. The van der Waals surface area contributed by atoms with Gasteiger partial charge in [-0.3, -0.25) is 9.78 Å². The molecule has 0 saturated carbocycles. The first kappa shape index (κ1) is 17.4. The number of ether oxygens (including phenoxy) is 1. The normalized spacial score (nSPS) is 17.1. The molecule has 27 heavy (non-hydrogen) atoms. The lowest BCUT2D eigenvalue weighted by Gasteiger charge is -2.32. The molecule has 3 heterocycles. The van der Waals surface area contributed by atoms with Gasteiger partial charge in [-0.25, -0.2) is 4.98 Å². The summed E-state index contributed by atoms with van der Waals surface area (Å²) in [5.74, 6) is 0.809. The summed E-state index contributed by atoms with van der Waals surface area (Å²) in [7, 11) is 0. The smallest absolute Gasteiger partial charge is 0.253 e. The second kappa shape index (κ2) is 7.72. The monoisotopic (exact) mass is 362 g/mol. The number of rotatable bonds is 4. The average Bonchev–Trinajstić information content (AvgIpc) is 2.72. The Kier molecular flexibility index (Phi) is 4.98. The van der Waals surface area contributed by atoms with Crippen LogP contribution >= 0.6 is 0 Å². The van der Waals surface area contributed by atoms with E-state index in [1.807, 2.05) is 42.6 Å². The largest absolute Gasteiger partial charge is 0.375 e. The highest BCUT2D eigenvalue weighted by atomic mass is 16.5. The minimum absolute atomic E-state index is 0.134. The van der Waals surface area contributed by atoms with Crippen LogP contribution in [-0.4, -0.2) is 41.7 Å². The van der Waals surface area contributed by atoms with Crippen molar-refractivity contribution in [3.05, 3.63) is 66.0 Å².